The van der Waals surface area contributed by atoms with Crippen LogP contribution in [-0.4, -0.2) is 69.8 Å². The van der Waals surface area contributed by atoms with Crippen LogP contribution < -0.4 is 0 Å². The van der Waals surface area contributed by atoms with Gasteiger partial charge in [-0.05, 0) is 36.1 Å². The van der Waals surface area contributed by atoms with Gasteiger partial charge in [-0.2, -0.15) is 0 Å². The van der Waals surface area contributed by atoms with Gasteiger partial charge in [0.1, 0.15) is 29.3 Å². The smallest absolute Gasteiger partial charge is 0.407 e. The molecule has 2 amide bonds. The van der Waals surface area contributed by atoms with Gasteiger partial charge in [-0.1, -0.05) is 51.1 Å². The Bertz CT molecular complexity index is 1510. The van der Waals surface area contributed by atoms with E-state index in [0.717, 1.165) is 35.6 Å². The number of hydrogen-bond donors (Lipinski definition) is 1. The van der Waals surface area contributed by atoms with Crippen LogP contribution in [0.1, 0.15) is 57.7 Å². The molecule has 2 aromatic carbocycles. The van der Waals surface area contributed by atoms with Crippen molar-refractivity contribution in [2.45, 2.75) is 59.4 Å². The topological polar surface area (TPSA) is 113 Å². The third-order valence-electron chi connectivity index (χ3n) is 7.52. The van der Waals surface area contributed by atoms with E-state index in [-0.39, 0.29) is 49.0 Å². The van der Waals surface area contributed by atoms with Gasteiger partial charge in [0.05, 0.1) is 18.2 Å². The third kappa shape index (κ3) is 7.40. The van der Waals surface area contributed by atoms with Crippen molar-refractivity contribution in [2.24, 2.45) is 11.3 Å². The van der Waals surface area contributed by atoms with Crippen LogP contribution in [0.5, 0.6) is 0 Å². The molecule has 12 heteroatoms. The summed E-state index contributed by atoms with van der Waals surface area (Å²) in [5, 5.41) is 9.47. The normalized spacial score (nSPS) is 18.1. The Morgan fingerprint density at radius 2 is 1.82 bits per heavy atom. The number of carboxylic acid groups (broad SMARTS) is 1. The number of hydrogen-bond acceptors (Lipinski definition) is 6. The molecule has 0 radical (unpaired) electrons. The number of benzene rings is 2. The molecule has 44 heavy (non-hydrogen) atoms. The number of esters is 1. The number of ether oxygens (including phenoxy) is 1. The number of aromatic nitrogens is 1. The molecular formula is C32H36F3N3O6. The summed E-state index contributed by atoms with van der Waals surface area (Å²) in [5.41, 5.74) is 0.00224. The van der Waals surface area contributed by atoms with E-state index in [1.807, 2.05) is 51.1 Å². The van der Waals surface area contributed by atoms with Gasteiger partial charge in [-0.15, -0.1) is 0 Å². The summed E-state index contributed by atoms with van der Waals surface area (Å²) in [4.78, 5) is 44.3. The van der Waals surface area contributed by atoms with Gasteiger partial charge >= 0.3 is 12.1 Å². The highest BCUT2D eigenvalue weighted by atomic mass is 19.1. The second-order valence-corrected chi connectivity index (χ2v) is 12.1. The Morgan fingerprint density at radius 3 is 2.41 bits per heavy atom. The van der Waals surface area contributed by atoms with Crippen molar-refractivity contribution in [1.29, 1.82) is 0 Å². The van der Waals surface area contributed by atoms with Crippen molar-refractivity contribution in [1.82, 2.24) is 14.8 Å². The molecule has 4 rings (SSSR count). The van der Waals surface area contributed by atoms with Crippen LogP contribution in [0.2, 0.25) is 0 Å². The summed E-state index contributed by atoms with van der Waals surface area (Å²) in [7, 11) is 0. The number of halogens is 3. The van der Waals surface area contributed by atoms with Gasteiger partial charge in [0.25, 0.3) is 5.91 Å². The molecule has 0 spiro atoms. The molecule has 0 bridgehead atoms. The molecule has 0 aliphatic carbocycles. The Hall–Kier alpha value is -4.35. The van der Waals surface area contributed by atoms with Crippen LogP contribution in [0.25, 0.3) is 11.5 Å². The third-order valence-corrected chi connectivity index (χ3v) is 7.52. The second-order valence-electron chi connectivity index (χ2n) is 12.1. The fraction of sp³-hybridized carbons (Fsp3) is 0.438. The maximum atomic E-state index is 15.2. The number of carbonyl (C=O) groups is 3. The average Bonchev–Trinajstić information content (AvgIpc) is 3.51. The van der Waals surface area contributed by atoms with Gasteiger partial charge < -0.3 is 24.1 Å². The Kier molecular flexibility index (Phi) is 9.70. The minimum absolute atomic E-state index is 0.158. The standard InChI is InChI=1S/C32H36F3N3O6/c1-18(43-19(2)39)30(40)38(16-21-15-37(31(41)42)17-25(21)35)28(32(3,4)5)27-26(13-20-9-7-6-8-10-20)44-29(36-27)23-14-22(33)11-12-24(23)34/h6-12,14,18,21,25,28H,13,15-17H2,1-5H3,(H,41,42)/t18?,21?,25?,28-/m0/s1. The van der Waals surface area contributed by atoms with Crippen LogP contribution in [0.15, 0.2) is 52.9 Å². The predicted molar refractivity (Wildman–Crippen MR) is 154 cm³/mol. The number of amides is 2. The lowest BCUT2D eigenvalue weighted by atomic mass is 9.81. The minimum Gasteiger partial charge on any atom is -0.465 e. The van der Waals surface area contributed by atoms with Gasteiger partial charge in [0, 0.05) is 32.4 Å². The molecule has 2 heterocycles. The lowest BCUT2D eigenvalue weighted by Crippen LogP contribution is -2.49. The molecule has 0 saturated carbocycles. The molecule has 1 aliphatic rings. The first-order valence-electron chi connectivity index (χ1n) is 14.2. The highest BCUT2D eigenvalue weighted by Crippen LogP contribution is 2.43. The van der Waals surface area contributed by atoms with E-state index in [4.69, 9.17) is 9.15 Å². The minimum atomic E-state index is -1.57. The highest BCUT2D eigenvalue weighted by Gasteiger charge is 2.45. The molecular weight excluding hydrogens is 579 g/mol. The van der Waals surface area contributed by atoms with Gasteiger partial charge in [-0.25, -0.2) is 22.9 Å². The van der Waals surface area contributed by atoms with Crippen molar-refractivity contribution in [2.75, 3.05) is 19.6 Å². The summed E-state index contributed by atoms with van der Waals surface area (Å²) in [6.07, 6.45) is -3.94. The molecule has 3 aromatic rings. The zero-order valence-electron chi connectivity index (χ0n) is 25.2. The second kappa shape index (κ2) is 13.1. The first kappa shape index (κ1) is 32.6. The predicted octanol–water partition coefficient (Wildman–Crippen LogP) is 6.03. The highest BCUT2D eigenvalue weighted by molar-refractivity contribution is 5.83. The molecule has 4 atom stereocenters. The van der Waals surface area contributed by atoms with Gasteiger partial charge in [0.2, 0.25) is 5.89 Å². The zero-order chi connectivity index (χ0) is 32.3. The molecule has 1 fully saturated rings. The zero-order valence-corrected chi connectivity index (χ0v) is 25.2. The molecule has 236 valence electrons. The number of oxazole rings is 1. The SMILES string of the molecule is CC(=O)OC(C)C(=O)N(CC1CN(C(=O)O)CC1F)[C@@H](c1nc(-c2cc(F)ccc2F)oc1Cc1ccccc1)C(C)(C)C. The number of alkyl halides is 1. The van der Waals surface area contributed by atoms with Crippen molar-refractivity contribution >= 4 is 18.0 Å². The number of carbonyl (C=O) groups excluding carboxylic acids is 2. The molecule has 1 saturated heterocycles. The lowest BCUT2D eigenvalue weighted by molar-refractivity contribution is -0.160. The lowest BCUT2D eigenvalue weighted by Gasteiger charge is -2.41. The summed E-state index contributed by atoms with van der Waals surface area (Å²) in [5.74, 6) is -3.67. The summed E-state index contributed by atoms with van der Waals surface area (Å²) in [6.45, 7) is 7.27. The van der Waals surface area contributed by atoms with Gasteiger partial charge in [-0.3, -0.25) is 9.59 Å². The molecule has 1 N–H and O–H groups in total. The van der Waals surface area contributed by atoms with Crippen LogP contribution in [0.3, 0.4) is 0 Å². The van der Waals surface area contributed by atoms with Crippen LogP contribution in [0, 0.1) is 23.0 Å². The van der Waals surface area contributed by atoms with Crippen LogP contribution >= 0.6 is 0 Å². The van der Waals surface area contributed by atoms with E-state index >= 15 is 4.39 Å². The fourth-order valence-corrected chi connectivity index (χ4v) is 5.55. The van der Waals surface area contributed by atoms with Crippen molar-refractivity contribution in [3.63, 3.8) is 0 Å². The van der Waals surface area contributed by atoms with E-state index < -0.39 is 59.3 Å². The summed E-state index contributed by atoms with van der Waals surface area (Å²) >= 11 is 0. The monoisotopic (exact) mass is 615 g/mol. The number of nitrogens with zero attached hydrogens (tertiary/aromatic N) is 3. The van der Waals surface area contributed by atoms with E-state index in [9.17, 15) is 28.3 Å². The Morgan fingerprint density at radius 1 is 1.14 bits per heavy atom. The van der Waals surface area contributed by atoms with E-state index in [1.54, 1.807) is 0 Å². The largest absolute Gasteiger partial charge is 0.465 e. The number of rotatable bonds is 9. The molecule has 9 nitrogen and oxygen atoms in total. The van der Waals surface area contributed by atoms with Crippen molar-refractivity contribution in [3.05, 3.63) is 77.2 Å². The molecule has 1 aromatic heterocycles. The fourth-order valence-electron chi connectivity index (χ4n) is 5.55. The molecule has 3 unspecified atom stereocenters. The van der Waals surface area contributed by atoms with Crippen molar-refractivity contribution < 1.29 is 41.8 Å². The average molecular weight is 616 g/mol. The maximum absolute atomic E-state index is 15.2. The Balaban J connectivity index is 1.89. The maximum Gasteiger partial charge on any atom is 0.407 e. The van der Waals surface area contributed by atoms with E-state index in [1.165, 1.54) is 11.8 Å². The Labute approximate surface area is 253 Å². The summed E-state index contributed by atoms with van der Waals surface area (Å²) < 4.78 is 55.7. The molecule has 1 aliphatic heterocycles. The first-order valence-corrected chi connectivity index (χ1v) is 14.2. The quantitative estimate of drug-likeness (QED) is 0.293. The number of likely N-dealkylation sites (tertiary alicyclic amines) is 1. The van der Waals surface area contributed by atoms with Gasteiger partial charge in [0.15, 0.2) is 6.10 Å². The van der Waals surface area contributed by atoms with E-state index in [2.05, 4.69) is 4.98 Å². The van der Waals surface area contributed by atoms with Crippen LogP contribution in [-0.2, 0) is 20.7 Å². The van der Waals surface area contributed by atoms with E-state index in [0.29, 0.717) is 0 Å². The van der Waals surface area contributed by atoms with Crippen molar-refractivity contribution in [3.8, 4) is 11.5 Å². The summed E-state index contributed by atoms with van der Waals surface area (Å²) in [6, 6.07) is 11.1. The van der Waals surface area contributed by atoms with Crippen LogP contribution in [0.4, 0.5) is 18.0 Å². The first-order chi connectivity index (χ1) is 20.6.